The second-order valence-corrected chi connectivity index (χ2v) is 7.15. The highest BCUT2D eigenvalue weighted by Gasteiger charge is 2.46. The molecule has 0 radical (unpaired) electrons. The van der Waals surface area contributed by atoms with Gasteiger partial charge in [-0.2, -0.15) is 0 Å². The molecule has 1 amide bonds. The van der Waals surface area contributed by atoms with E-state index in [1.54, 1.807) is 13.0 Å². The molecular weight excluding hydrogens is 388 g/mol. The lowest BCUT2D eigenvalue weighted by molar-refractivity contribution is -0.384. The van der Waals surface area contributed by atoms with Crippen LogP contribution in [0.5, 0.6) is 0 Å². The fourth-order valence-corrected chi connectivity index (χ4v) is 3.56. The number of ether oxygens (including phenoxy) is 1. The molecule has 2 aromatic rings. The Bertz CT molecular complexity index is 1040. The van der Waals surface area contributed by atoms with Gasteiger partial charge in [0.05, 0.1) is 23.1 Å². The second-order valence-electron chi connectivity index (χ2n) is 7.15. The Morgan fingerprint density at radius 1 is 1.17 bits per heavy atom. The molecule has 1 aliphatic heterocycles. The van der Waals surface area contributed by atoms with E-state index >= 15 is 0 Å². The number of aliphatic hydroxyl groups is 1. The number of hydrogen-bond donors (Lipinski definition) is 1. The lowest BCUT2D eigenvalue weighted by Crippen LogP contribution is -2.32. The van der Waals surface area contributed by atoms with Crippen LogP contribution in [0.2, 0.25) is 0 Å². The number of Topliss-reactive ketones (excluding diaryl/α,β-unsaturated/α-hetero) is 1. The summed E-state index contributed by atoms with van der Waals surface area (Å²) in [6.45, 7) is 3.99. The van der Waals surface area contributed by atoms with E-state index in [9.17, 15) is 24.8 Å². The number of amides is 1. The van der Waals surface area contributed by atoms with Gasteiger partial charge >= 0.3 is 0 Å². The summed E-state index contributed by atoms with van der Waals surface area (Å²) in [4.78, 5) is 37.4. The molecule has 2 aromatic carbocycles. The van der Waals surface area contributed by atoms with Crippen molar-refractivity contribution < 1.29 is 24.4 Å². The summed E-state index contributed by atoms with van der Waals surface area (Å²) in [5.41, 5.74) is 2.45. The number of carbonyl (C=O) groups excluding carboxylic acids is 2. The summed E-state index contributed by atoms with van der Waals surface area (Å²) in [5, 5.41) is 22.1. The summed E-state index contributed by atoms with van der Waals surface area (Å²) < 4.78 is 5.06. The maximum Gasteiger partial charge on any atom is 0.295 e. The summed E-state index contributed by atoms with van der Waals surface area (Å²) in [6.07, 6.45) is 0. The first-order valence-electron chi connectivity index (χ1n) is 9.35. The maximum absolute atomic E-state index is 12.9. The molecule has 1 saturated heterocycles. The lowest BCUT2D eigenvalue weighted by atomic mass is 9.93. The van der Waals surface area contributed by atoms with E-state index in [4.69, 9.17) is 4.74 Å². The van der Waals surface area contributed by atoms with Crippen molar-refractivity contribution in [3.63, 3.8) is 0 Å². The number of ketones is 1. The molecule has 1 aliphatic rings. The first-order chi connectivity index (χ1) is 14.3. The SMILES string of the molecule is COCCN1C(=O)C(=O)C(=C(O)c2cc(C)ccc2C)[C@@H]1c1ccc([N+](=O)[O-])cc1. The van der Waals surface area contributed by atoms with Crippen LogP contribution in [0.4, 0.5) is 5.69 Å². The van der Waals surface area contributed by atoms with Crippen LogP contribution in [0.3, 0.4) is 0 Å². The summed E-state index contributed by atoms with van der Waals surface area (Å²) >= 11 is 0. The quantitative estimate of drug-likeness (QED) is 0.257. The van der Waals surface area contributed by atoms with Crippen LogP contribution in [0.1, 0.15) is 28.3 Å². The van der Waals surface area contributed by atoms with Crippen molar-refractivity contribution in [1.82, 2.24) is 4.90 Å². The molecule has 0 spiro atoms. The Hall–Kier alpha value is -3.52. The van der Waals surface area contributed by atoms with Gasteiger partial charge in [0.1, 0.15) is 5.76 Å². The van der Waals surface area contributed by atoms with Crippen molar-refractivity contribution in [1.29, 1.82) is 0 Å². The standard InChI is InChI=1S/C22H22N2O6/c1-13-4-5-14(2)17(12-13)20(25)18-19(15-6-8-16(9-7-15)24(28)29)23(10-11-30-3)22(27)21(18)26/h4-9,12,19,25H,10-11H2,1-3H3/t19-/m0/s1. The number of methoxy groups -OCH3 is 1. The number of nitro benzene ring substituents is 1. The number of nitro groups is 1. The third kappa shape index (κ3) is 3.81. The number of rotatable bonds is 6. The highest BCUT2D eigenvalue weighted by molar-refractivity contribution is 6.46. The number of likely N-dealkylation sites (tertiary alicyclic amines) is 1. The number of hydrogen-bond acceptors (Lipinski definition) is 6. The zero-order chi connectivity index (χ0) is 22.0. The fourth-order valence-electron chi connectivity index (χ4n) is 3.56. The smallest absolute Gasteiger partial charge is 0.295 e. The number of aliphatic hydroxyl groups excluding tert-OH is 1. The van der Waals surface area contributed by atoms with Crippen molar-refractivity contribution in [2.24, 2.45) is 0 Å². The Balaban J connectivity index is 2.19. The van der Waals surface area contributed by atoms with E-state index in [1.165, 1.54) is 36.3 Å². The number of carbonyl (C=O) groups is 2. The fraction of sp³-hybridized carbons (Fsp3) is 0.273. The first kappa shape index (κ1) is 21.2. The predicted molar refractivity (Wildman–Crippen MR) is 110 cm³/mol. The first-order valence-corrected chi connectivity index (χ1v) is 9.35. The third-order valence-corrected chi connectivity index (χ3v) is 5.14. The Labute approximate surface area is 173 Å². The van der Waals surface area contributed by atoms with E-state index in [0.717, 1.165) is 11.1 Å². The predicted octanol–water partition coefficient (Wildman–Crippen LogP) is 3.28. The third-order valence-electron chi connectivity index (χ3n) is 5.14. The van der Waals surface area contributed by atoms with Gasteiger partial charge in [-0.3, -0.25) is 19.7 Å². The normalized spacial score (nSPS) is 18.1. The van der Waals surface area contributed by atoms with Crippen molar-refractivity contribution in [3.8, 4) is 0 Å². The average molecular weight is 410 g/mol. The molecule has 0 saturated carbocycles. The molecule has 8 nitrogen and oxygen atoms in total. The van der Waals surface area contributed by atoms with Crippen molar-refractivity contribution in [2.75, 3.05) is 20.3 Å². The van der Waals surface area contributed by atoms with Crippen LogP contribution in [-0.2, 0) is 14.3 Å². The minimum absolute atomic E-state index is 0.0429. The zero-order valence-electron chi connectivity index (χ0n) is 16.9. The molecule has 0 aliphatic carbocycles. The Morgan fingerprint density at radius 3 is 2.43 bits per heavy atom. The second kappa shape index (κ2) is 8.46. The monoisotopic (exact) mass is 410 g/mol. The molecule has 1 atom stereocenters. The lowest BCUT2D eigenvalue weighted by Gasteiger charge is -2.25. The Kier molecular flexibility index (Phi) is 5.98. The summed E-state index contributed by atoms with van der Waals surface area (Å²) in [7, 11) is 1.48. The summed E-state index contributed by atoms with van der Waals surface area (Å²) in [6, 6.07) is 10.2. The molecule has 0 bridgehead atoms. The number of nitrogens with zero attached hydrogens (tertiary/aromatic N) is 2. The van der Waals surface area contributed by atoms with Crippen molar-refractivity contribution in [3.05, 3.63) is 80.4 Å². The van der Waals surface area contributed by atoms with Crippen LogP contribution in [0.15, 0.2) is 48.0 Å². The zero-order valence-corrected chi connectivity index (χ0v) is 16.9. The summed E-state index contributed by atoms with van der Waals surface area (Å²) in [5.74, 6) is -1.81. The van der Waals surface area contributed by atoms with Gasteiger partial charge in [-0.05, 0) is 43.2 Å². The topological polar surface area (TPSA) is 110 Å². The van der Waals surface area contributed by atoms with Gasteiger partial charge in [0, 0.05) is 31.4 Å². The van der Waals surface area contributed by atoms with Crippen LogP contribution in [0, 0.1) is 24.0 Å². The van der Waals surface area contributed by atoms with Gasteiger partial charge in [-0.1, -0.05) is 17.7 Å². The molecule has 0 aromatic heterocycles. The van der Waals surface area contributed by atoms with Crippen LogP contribution < -0.4 is 0 Å². The minimum Gasteiger partial charge on any atom is -0.507 e. The highest BCUT2D eigenvalue weighted by Crippen LogP contribution is 2.40. The molecular formula is C22H22N2O6. The van der Waals surface area contributed by atoms with E-state index in [0.29, 0.717) is 11.1 Å². The molecule has 3 rings (SSSR count). The van der Waals surface area contributed by atoms with Crippen LogP contribution in [0.25, 0.3) is 5.76 Å². The number of aryl methyl sites for hydroxylation is 2. The molecule has 30 heavy (non-hydrogen) atoms. The Morgan fingerprint density at radius 2 is 1.83 bits per heavy atom. The number of non-ortho nitro benzene ring substituents is 1. The van der Waals surface area contributed by atoms with E-state index < -0.39 is 22.7 Å². The van der Waals surface area contributed by atoms with Gasteiger partial charge in [-0.15, -0.1) is 0 Å². The van der Waals surface area contributed by atoms with E-state index in [-0.39, 0.29) is 30.2 Å². The van der Waals surface area contributed by atoms with Crippen LogP contribution >= 0.6 is 0 Å². The highest BCUT2D eigenvalue weighted by atomic mass is 16.6. The van der Waals surface area contributed by atoms with E-state index in [2.05, 4.69) is 0 Å². The van der Waals surface area contributed by atoms with Crippen molar-refractivity contribution in [2.45, 2.75) is 19.9 Å². The van der Waals surface area contributed by atoms with Crippen LogP contribution in [-0.4, -0.2) is 46.9 Å². The van der Waals surface area contributed by atoms with Gasteiger partial charge in [0.25, 0.3) is 17.4 Å². The number of benzene rings is 2. The molecule has 1 heterocycles. The molecule has 156 valence electrons. The largest absolute Gasteiger partial charge is 0.507 e. The van der Waals surface area contributed by atoms with Gasteiger partial charge < -0.3 is 14.7 Å². The van der Waals surface area contributed by atoms with Gasteiger partial charge in [-0.25, -0.2) is 0 Å². The molecule has 8 heteroatoms. The van der Waals surface area contributed by atoms with Gasteiger partial charge in [0.2, 0.25) is 0 Å². The molecule has 1 fully saturated rings. The average Bonchev–Trinajstić information content (AvgIpc) is 2.98. The maximum atomic E-state index is 12.9. The van der Waals surface area contributed by atoms with Crippen molar-refractivity contribution >= 4 is 23.1 Å². The minimum atomic E-state index is -0.874. The van der Waals surface area contributed by atoms with Gasteiger partial charge in [0.15, 0.2) is 0 Å². The molecule has 1 N–H and O–H groups in total. The molecule has 0 unspecified atom stereocenters. The van der Waals surface area contributed by atoms with E-state index in [1.807, 2.05) is 19.1 Å².